The van der Waals surface area contributed by atoms with E-state index in [1.54, 1.807) is 11.0 Å². The van der Waals surface area contributed by atoms with E-state index in [0.717, 1.165) is 19.3 Å². The van der Waals surface area contributed by atoms with Gasteiger partial charge in [0.2, 0.25) is 15.9 Å². The number of aliphatic hydroxyl groups excluding tert-OH is 2. The number of nitrogens with zero attached hydrogens (tertiary/aromatic N) is 2. The molecule has 4 rings (SSSR count). The molecule has 2 saturated heterocycles. The number of nitrogens with one attached hydrogen (secondary N) is 4. The number of sulfonamides is 1. The van der Waals surface area contributed by atoms with E-state index in [1.165, 1.54) is 22.1 Å². The molecule has 3 heterocycles. The first-order chi connectivity index (χ1) is 23.9. The van der Waals surface area contributed by atoms with Crippen LogP contribution >= 0.6 is 11.8 Å². The molecule has 7 atom stereocenters. The van der Waals surface area contributed by atoms with Crippen molar-refractivity contribution >= 4 is 45.4 Å². The summed E-state index contributed by atoms with van der Waals surface area (Å²) in [6, 6.07) is -3.08. The van der Waals surface area contributed by atoms with Gasteiger partial charge in [0.15, 0.2) is 6.54 Å². The third-order valence-electron chi connectivity index (χ3n) is 10.9. The van der Waals surface area contributed by atoms with Crippen LogP contribution in [0.25, 0.3) is 0 Å². The lowest BCUT2D eigenvalue weighted by atomic mass is 9.81. The molecular formula is C36H61N6O7S2+. The van der Waals surface area contributed by atoms with Gasteiger partial charge in [-0.25, -0.2) is 18.2 Å². The Kier molecular flexibility index (Phi) is 13.9. The van der Waals surface area contributed by atoms with Crippen LogP contribution in [-0.2, 0) is 19.6 Å². The van der Waals surface area contributed by atoms with Crippen LogP contribution in [0.1, 0.15) is 92.9 Å². The zero-order valence-electron chi connectivity index (χ0n) is 31.2. The van der Waals surface area contributed by atoms with E-state index in [4.69, 9.17) is 0 Å². The van der Waals surface area contributed by atoms with Gasteiger partial charge in [-0.2, -0.15) is 4.31 Å². The number of urea groups is 1. The Hall–Kier alpha value is -2.46. The largest absolute Gasteiger partial charge is 0.458 e. The fourth-order valence-corrected chi connectivity index (χ4v) is 11.5. The lowest BCUT2D eigenvalue weighted by molar-refractivity contribution is -0.452. The highest BCUT2D eigenvalue weighted by molar-refractivity contribution is 8.04. The third-order valence-corrected chi connectivity index (χ3v) is 14.4. The number of fused-ring (bicyclic) bond motifs is 1. The molecule has 0 radical (unpaired) electrons. The van der Waals surface area contributed by atoms with E-state index in [-0.39, 0.29) is 36.1 Å². The zero-order chi connectivity index (χ0) is 37.7. The number of carbonyl (C=O) groups is 3. The quantitative estimate of drug-likeness (QED) is 0.0629. The van der Waals surface area contributed by atoms with E-state index in [9.17, 15) is 33.0 Å². The van der Waals surface area contributed by atoms with Crippen LogP contribution in [0, 0.1) is 17.3 Å². The molecule has 1 saturated carbocycles. The summed E-state index contributed by atoms with van der Waals surface area (Å²) >= 11 is 1.53. The molecular weight excluding hydrogens is 693 g/mol. The third kappa shape index (κ3) is 9.75. The van der Waals surface area contributed by atoms with Crippen molar-refractivity contribution in [1.82, 2.24) is 25.2 Å². The molecule has 0 spiro atoms. The fraction of sp³-hybridized carbons (Fsp3) is 0.778. The van der Waals surface area contributed by atoms with Gasteiger partial charge in [-0.3, -0.25) is 14.9 Å². The minimum atomic E-state index is -3.54. The van der Waals surface area contributed by atoms with E-state index in [1.807, 2.05) is 33.1 Å². The average Bonchev–Trinajstić information content (AvgIpc) is 3.78. The molecule has 51 heavy (non-hydrogen) atoms. The van der Waals surface area contributed by atoms with Gasteiger partial charge in [0, 0.05) is 24.9 Å². The number of likely N-dealkylation sites (tertiary alicyclic amines) is 1. The Morgan fingerprint density at radius 2 is 1.84 bits per heavy atom. The topological polar surface area (TPSA) is 182 Å². The Labute approximate surface area is 308 Å². The van der Waals surface area contributed by atoms with E-state index in [0.29, 0.717) is 45.2 Å². The van der Waals surface area contributed by atoms with Gasteiger partial charge in [0.1, 0.15) is 17.5 Å². The maximum absolute atomic E-state index is 14.5. The Bertz CT molecular complexity index is 1440. The number of rotatable bonds is 15. The standard InChI is InChI=1S/C36H60N6O7S2/c1-8-13-25(29(43)32(45)37-17-9-2)38-31(44)26-19-24(23(3)4)20-42(26)33(46)30(35(5,6)7)39-34(47)40-36(15-11-10-12-16-36)22-41-21-27-28(14-18-50-27)51(41,48)49/h9,14,18,23-28,30-31,38,44H,2,8,10-13,15-17,19-22H2,1,3-7H3,(H,37,45)(H2,39,40,47)/p+1/t24-,25?,26+,27?,28?,30-,31?/m1/s1. The maximum Gasteiger partial charge on any atom is 0.404 e. The molecule has 288 valence electrons. The van der Waals surface area contributed by atoms with Crippen molar-refractivity contribution in [1.29, 1.82) is 0 Å². The molecule has 3 amide bonds. The highest BCUT2D eigenvalue weighted by Crippen LogP contribution is 2.40. The number of thioether (sulfide) groups is 1. The van der Waals surface area contributed by atoms with Crippen molar-refractivity contribution in [3.05, 3.63) is 24.1 Å². The Morgan fingerprint density at radius 3 is 2.43 bits per heavy atom. The van der Waals surface area contributed by atoms with Gasteiger partial charge in [-0.1, -0.05) is 79.9 Å². The summed E-state index contributed by atoms with van der Waals surface area (Å²) in [5.74, 6) is -1.18. The number of Topliss-reactive ketones (excluding diaryl/α,β-unsaturated/α-hetero) is 1. The summed E-state index contributed by atoms with van der Waals surface area (Å²) in [6.45, 7) is 16.4. The lowest BCUT2D eigenvalue weighted by Crippen LogP contribution is -2.75. The minimum Gasteiger partial charge on any atom is -0.458 e. The van der Waals surface area contributed by atoms with Crippen LogP contribution < -0.4 is 20.9 Å². The summed E-state index contributed by atoms with van der Waals surface area (Å²) in [4.78, 5) is 45.8. The van der Waals surface area contributed by atoms with Crippen molar-refractivity contribution in [2.75, 3.05) is 26.2 Å². The molecule has 3 aliphatic heterocycles. The van der Waals surface area contributed by atoms with Gasteiger partial charge in [-0.15, -0.1) is 11.8 Å². The molecule has 4 unspecified atom stereocenters. The van der Waals surface area contributed by atoms with Crippen LogP contribution in [0.2, 0.25) is 0 Å². The number of amides is 3. The first-order valence-electron chi connectivity index (χ1n) is 18.5. The predicted octanol–water partition coefficient (Wildman–Crippen LogP) is 1.79. The molecule has 0 aromatic heterocycles. The first kappa shape index (κ1) is 41.3. The van der Waals surface area contributed by atoms with E-state index >= 15 is 0 Å². The van der Waals surface area contributed by atoms with Crippen LogP contribution in [0.3, 0.4) is 0 Å². The molecule has 0 aromatic rings. The number of ketones is 1. The summed E-state index contributed by atoms with van der Waals surface area (Å²) in [7, 11) is -3.54. The van der Waals surface area contributed by atoms with Crippen LogP contribution in [0.4, 0.5) is 4.79 Å². The van der Waals surface area contributed by atoms with Gasteiger partial charge in [-0.05, 0) is 54.4 Å². The van der Waals surface area contributed by atoms with E-state index < -0.39 is 68.3 Å². The van der Waals surface area contributed by atoms with Crippen LogP contribution in [0.15, 0.2) is 24.1 Å². The van der Waals surface area contributed by atoms with Crippen LogP contribution in [0.5, 0.6) is 0 Å². The van der Waals surface area contributed by atoms with Gasteiger partial charge in [0.05, 0.1) is 17.6 Å². The second-order valence-electron chi connectivity index (χ2n) is 16.2. The molecule has 0 bridgehead atoms. The van der Waals surface area contributed by atoms with E-state index in [2.05, 4.69) is 41.4 Å². The maximum atomic E-state index is 14.5. The number of carbonyl (C=O) groups excluding carboxylic acids is 3. The highest BCUT2D eigenvalue weighted by Gasteiger charge is 2.51. The second-order valence-corrected chi connectivity index (χ2v) is 19.4. The monoisotopic (exact) mass is 753 g/mol. The number of hydrogen-bond acceptors (Lipinski definition) is 8. The highest BCUT2D eigenvalue weighted by atomic mass is 32.2. The van der Waals surface area contributed by atoms with Crippen molar-refractivity contribution in [2.45, 2.75) is 133 Å². The average molecular weight is 754 g/mol. The van der Waals surface area contributed by atoms with Crippen molar-refractivity contribution < 1.29 is 38.0 Å². The lowest BCUT2D eigenvalue weighted by Gasteiger charge is -2.42. The van der Waals surface area contributed by atoms with Gasteiger partial charge < -0.3 is 25.7 Å². The van der Waals surface area contributed by atoms with Crippen molar-refractivity contribution in [3.63, 3.8) is 0 Å². The fourth-order valence-electron chi connectivity index (χ4n) is 7.86. The first-order valence-corrected chi connectivity index (χ1v) is 21.0. The summed E-state index contributed by atoms with van der Waals surface area (Å²) < 4.78 is 28.4. The molecule has 1 aliphatic carbocycles. The van der Waals surface area contributed by atoms with Gasteiger partial charge >= 0.3 is 11.9 Å². The predicted molar refractivity (Wildman–Crippen MR) is 200 cm³/mol. The molecule has 4 aliphatic rings. The molecule has 3 fully saturated rings. The second kappa shape index (κ2) is 17.1. The van der Waals surface area contributed by atoms with Crippen molar-refractivity contribution in [3.8, 4) is 0 Å². The number of hydrogen-bond donors (Lipinski definition) is 6. The Balaban J connectivity index is 1.53. The molecule has 0 aromatic carbocycles. The summed E-state index contributed by atoms with van der Waals surface area (Å²) in [5, 5.41) is 32.3. The minimum absolute atomic E-state index is 0.0478. The normalized spacial score (nSPS) is 27.9. The molecule has 15 heteroatoms. The molecule has 13 nitrogen and oxygen atoms in total. The van der Waals surface area contributed by atoms with Crippen molar-refractivity contribution in [2.24, 2.45) is 17.3 Å². The zero-order valence-corrected chi connectivity index (χ0v) is 32.8. The van der Waals surface area contributed by atoms with Crippen LogP contribution in [-0.4, -0.2) is 118 Å². The summed E-state index contributed by atoms with van der Waals surface area (Å²) in [5.41, 5.74) is -1.48. The number of aliphatic hydroxyl groups is 2. The smallest absolute Gasteiger partial charge is 0.404 e. The SMILES string of the molecule is C=CC[NH+]=C(O)C(=O)C(CCC)NC(O)[C@@H]1C[C@@H](C(C)C)CN1C(=O)[C@@H](NC(=O)NC1(CN2CC3SC=CC3S2(=O)=O)CCCCC1)C(C)(C)C. The molecule has 6 N–H and O–H groups in total. The summed E-state index contributed by atoms with van der Waals surface area (Å²) in [6.07, 6.45) is 7.43. The van der Waals surface area contributed by atoms with Gasteiger partial charge in [0.25, 0.3) is 5.78 Å². The Morgan fingerprint density at radius 1 is 1.16 bits per heavy atom.